The van der Waals surface area contributed by atoms with Crippen molar-refractivity contribution >= 4 is 5.91 Å². The molecule has 1 aliphatic heterocycles. The highest BCUT2D eigenvalue weighted by Crippen LogP contribution is 2.38. The fraction of sp³-hybridized carbons (Fsp3) is 0.500. The molecule has 0 spiro atoms. The summed E-state index contributed by atoms with van der Waals surface area (Å²) in [6, 6.07) is 5.77. The predicted octanol–water partition coefficient (Wildman–Crippen LogP) is 2.28. The Labute approximate surface area is 147 Å². The van der Waals surface area contributed by atoms with E-state index in [1.165, 1.54) is 0 Å². The van der Waals surface area contributed by atoms with Gasteiger partial charge in [-0.3, -0.25) is 4.79 Å². The monoisotopic (exact) mass is 344 g/mol. The topological polar surface area (TPSA) is 69.5 Å². The number of carbonyl (C=O) groups excluding carboxylic acids is 1. The predicted molar refractivity (Wildman–Crippen MR) is 92.7 cm³/mol. The first kappa shape index (κ1) is 17.3. The summed E-state index contributed by atoms with van der Waals surface area (Å²) in [6.07, 6.45) is 1.89. The Balaban J connectivity index is 1.83. The van der Waals surface area contributed by atoms with Gasteiger partial charge in [-0.25, -0.2) is 9.67 Å². The van der Waals surface area contributed by atoms with E-state index >= 15 is 0 Å². The van der Waals surface area contributed by atoms with Gasteiger partial charge in [0.25, 0.3) is 0 Å². The molecule has 25 heavy (non-hydrogen) atoms. The minimum atomic E-state index is 0.0123. The lowest BCUT2D eigenvalue weighted by molar-refractivity contribution is -0.133. The maximum absolute atomic E-state index is 12.9. The first-order chi connectivity index (χ1) is 12.0. The molecule has 2 heterocycles. The molecule has 1 fully saturated rings. The van der Waals surface area contributed by atoms with Crippen LogP contribution >= 0.6 is 0 Å². The van der Waals surface area contributed by atoms with Crippen LogP contribution in [0.2, 0.25) is 0 Å². The SMILES string of the molecule is COc1ccc([C@H]2CCCN2C(=O)Cn2nc(C)nc2C)c(OC)c1. The van der Waals surface area contributed by atoms with Crippen LogP contribution in [0.25, 0.3) is 0 Å². The molecule has 7 heteroatoms. The molecule has 1 atom stereocenters. The Bertz CT molecular complexity index is 772. The van der Waals surface area contributed by atoms with Crippen LogP contribution in [0.15, 0.2) is 18.2 Å². The van der Waals surface area contributed by atoms with Crippen molar-refractivity contribution in [2.24, 2.45) is 0 Å². The molecule has 1 aromatic heterocycles. The lowest BCUT2D eigenvalue weighted by Gasteiger charge is -2.26. The number of carbonyl (C=O) groups is 1. The van der Waals surface area contributed by atoms with Crippen LogP contribution in [-0.4, -0.2) is 46.3 Å². The zero-order chi connectivity index (χ0) is 18.0. The van der Waals surface area contributed by atoms with Crippen LogP contribution < -0.4 is 9.47 Å². The van der Waals surface area contributed by atoms with Crippen molar-refractivity contribution in [1.29, 1.82) is 0 Å². The van der Waals surface area contributed by atoms with Crippen molar-refractivity contribution in [1.82, 2.24) is 19.7 Å². The van der Waals surface area contributed by atoms with Crippen molar-refractivity contribution in [3.05, 3.63) is 35.4 Å². The second-order valence-electron chi connectivity index (χ2n) is 6.22. The molecule has 1 amide bonds. The highest BCUT2D eigenvalue weighted by atomic mass is 16.5. The van der Waals surface area contributed by atoms with Gasteiger partial charge in [0.05, 0.1) is 20.3 Å². The van der Waals surface area contributed by atoms with Gasteiger partial charge in [-0.1, -0.05) is 0 Å². The van der Waals surface area contributed by atoms with Gasteiger partial charge in [0, 0.05) is 18.2 Å². The number of ether oxygens (including phenoxy) is 2. The Morgan fingerprint density at radius 3 is 2.72 bits per heavy atom. The summed E-state index contributed by atoms with van der Waals surface area (Å²) >= 11 is 0. The van der Waals surface area contributed by atoms with Crippen LogP contribution in [0.3, 0.4) is 0 Å². The summed E-state index contributed by atoms with van der Waals surface area (Å²) in [5, 5.41) is 4.29. The molecule has 3 rings (SSSR count). The van der Waals surface area contributed by atoms with Gasteiger partial charge in [0.1, 0.15) is 29.7 Å². The normalized spacial score (nSPS) is 17.0. The number of benzene rings is 1. The van der Waals surface area contributed by atoms with Crippen molar-refractivity contribution in [3.8, 4) is 11.5 Å². The van der Waals surface area contributed by atoms with E-state index in [4.69, 9.17) is 9.47 Å². The number of aryl methyl sites for hydroxylation is 2. The Hall–Kier alpha value is -2.57. The van der Waals surface area contributed by atoms with Gasteiger partial charge < -0.3 is 14.4 Å². The van der Waals surface area contributed by atoms with Crippen molar-refractivity contribution in [3.63, 3.8) is 0 Å². The smallest absolute Gasteiger partial charge is 0.244 e. The van der Waals surface area contributed by atoms with Gasteiger partial charge in [-0.15, -0.1) is 0 Å². The molecule has 7 nitrogen and oxygen atoms in total. The van der Waals surface area contributed by atoms with E-state index in [0.717, 1.165) is 42.3 Å². The van der Waals surface area contributed by atoms with E-state index < -0.39 is 0 Å². The fourth-order valence-electron chi connectivity index (χ4n) is 3.41. The van der Waals surface area contributed by atoms with Gasteiger partial charge in [-0.2, -0.15) is 5.10 Å². The molecule has 1 aromatic carbocycles. The number of hydrogen-bond acceptors (Lipinski definition) is 5. The molecule has 0 bridgehead atoms. The van der Waals surface area contributed by atoms with Crippen LogP contribution in [0, 0.1) is 13.8 Å². The number of hydrogen-bond donors (Lipinski definition) is 0. The third kappa shape index (κ3) is 3.45. The van der Waals surface area contributed by atoms with E-state index in [1.54, 1.807) is 18.9 Å². The quantitative estimate of drug-likeness (QED) is 0.832. The summed E-state index contributed by atoms with van der Waals surface area (Å²) in [4.78, 5) is 19.0. The molecular formula is C18H24N4O3. The molecule has 0 N–H and O–H groups in total. The van der Waals surface area contributed by atoms with Gasteiger partial charge >= 0.3 is 0 Å². The molecule has 2 aromatic rings. The molecule has 134 valence electrons. The minimum absolute atomic E-state index is 0.0123. The fourth-order valence-corrected chi connectivity index (χ4v) is 3.41. The third-order valence-electron chi connectivity index (χ3n) is 4.62. The number of nitrogens with zero attached hydrogens (tertiary/aromatic N) is 4. The van der Waals surface area contributed by atoms with Crippen LogP contribution in [-0.2, 0) is 11.3 Å². The van der Waals surface area contributed by atoms with Crippen LogP contribution in [0.1, 0.15) is 36.1 Å². The minimum Gasteiger partial charge on any atom is -0.497 e. The lowest BCUT2D eigenvalue weighted by atomic mass is 10.0. The summed E-state index contributed by atoms with van der Waals surface area (Å²) in [6.45, 7) is 4.64. The van der Waals surface area contributed by atoms with E-state index in [-0.39, 0.29) is 18.5 Å². The van der Waals surface area contributed by atoms with Gasteiger partial charge in [0.15, 0.2) is 0 Å². The number of aromatic nitrogens is 3. The number of amides is 1. The zero-order valence-corrected chi connectivity index (χ0v) is 15.2. The van der Waals surface area contributed by atoms with Crippen molar-refractivity contribution in [2.45, 2.75) is 39.3 Å². The first-order valence-electron chi connectivity index (χ1n) is 8.43. The average molecular weight is 344 g/mol. The number of likely N-dealkylation sites (tertiary alicyclic amines) is 1. The largest absolute Gasteiger partial charge is 0.497 e. The Morgan fingerprint density at radius 1 is 1.28 bits per heavy atom. The first-order valence-corrected chi connectivity index (χ1v) is 8.43. The summed E-state index contributed by atoms with van der Waals surface area (Å²) in [5.41, 5.74) is 1.01. The van der Waals surface area contributed by atoms with E-state index in [1.807, 2.05) is 36.9 Å². The summed E-state index contributed by atoms with van der Waals surface area (Å²) < 4.78 is 12.5. The third-order valence-corrected chi connectivity index (χ3v) is 4.62. The van der Waals surface area contributed by atoms with Crippen molar-refractivity contribution in [2.75, 3.05) is 20.8 Å². The number of rotatable bonds is 5. The average Bonchev–Trinajstić information content (AvgIpc) is 3.20. The van der Waals surface area contributed by atoms with Gasteiger partial charge in [-0.05, 0) is 38.8 Å². The molecule has 0 radical (unpaired) electrons. The van der Waals surface area contributed by atoms with Gasteiger partial charge in [0.2, 0.25) is 5.91 Å². The highest BCUT2D eigenvalue weighted by Gasteiger charge is 2.32. The highest BCUT2D eigenvalue weighted by molar-refractivity contribution is 5.77. The molecular weight excluding hydrogens is 320 g/mol. The summed E-state index contributed by atoms with van der Waals surface area (Å²) in [7, 11) is 3.27. The second-order valence-corrected chi connectivity index (χ2v) is 6.22. The molecule has 1 saturated heterocycles. The van der Waals surface area contributed by atoms with E-state index in [0.29, 0.717) is 5.82 Å². The standard InChI is InChI=1S/C18H24N4O3/c1-12-19-13(2)22(20-12)11-18(23)21-9-5-6-16(21)15-8-7-14(24-3)10-17(15)25-4/h7-8,10,16H,5-6,9,11H2,1-4H3/t16-/m1/s1. The second kappa shape index (κ2) is 7.13. The maximum atomic E-state index is 12.9. The lowest BCUT2D eigenvalue weighted by Crippen LogP contribution is -2.34. The summed E-state index contributed by atoms with van der Waals surface area (Å²) in [5.74, 6) is 2.97. The zero-order valence-electron chi connectivity index (χ0n) is 15.2. The van der Waals surface area contributed by atoms with Crippen molar-refractivity contribution < 1.29 is 14.3 Å². The molecule has 0 aliphatic carbocycles. The molecule has 0 saturated carbocycles. The van der Waals surface area contributed by atoms with E-state index in [9.17, 15) is 4.79 Å². The number of methoxy groups -OCH3 is 2. The van der Waals surface area contributed by atoms with Crippen LogP contribution in [0.4, 0.5) is 0 Å². The molecule has 1 aliphatic rings. The Morgan fingerprint density at radius 2 is 2.08 bits per heavy atom. The van der Waals surface area contributed by atoms with Crippen LogP contribution in [0.5, 0.6) is 11.5 Å². The maximum Gasteiger partial charge on any atom is 0.244 e. The Kier molecular flexibility index (Phi) is 4.92. The molecule has 0 unspecified atom stereocenters. The van der Waals surface area contributed by atoms with E-state index in [2.05, 4.69) is 10.1 Å².